The van der Waals surface area contributed by atoms with Crippen LogP contribution in [0.5, 0.6) is 0 Å². The second-order valence-corrected chi connectivity index (χ2v) is 1.97. The van der Waals surface area contributed by atoms with Gasteiger partial charge >= 0.3 is 0 Å². The molecule has 1 atom stereocenters. The molecule has 1 aliphatic heterocycles. The van der Waals surface area contributed by atoms with Crippen molar-refractivity contribution >= 4 is 5.78 Å². The van der Waals surface area contributed by atoms with Crippen LogP contribution in [0.3, 0.4) is 0 Å². The smallest absolute Gasteiger partial charge is 0.148 e. The minimum absolute atomic E-state index is 0.238. The Bertz CT molecular complexity index is 120. The zero-order chi connectivity index (χ0) is 5.98. The van der Waals surface area contributed by atoms with E-state index >= 15 is 0 Å². The molecular formula is C6H9NO. The van der Waals surface area contributed by atoms with Crippen molar-refractivity contribution in [3.8, 4) is 0 Å². The molecule has 1 rings (SSSR count). The van der Waals surface area contributed by atoms with E-state index in [1.165, 1.54) is 0 Å². The highest BCUT2D eigenvalue weighted by molar-refractivity contribution is 5.83. The Kier molecular flexibility index (Phi) is 1.44. The molecule has 44 valence electrons. The summed E-state index contributed by atoms with van der Waals surface area (Å²) in [5, 5.41) is 2.99. The molecule has 0 aromatic rings. The van der Waals surface area contributed by atoms with Gasteiger partial charge in [-0.15, -0.1) is 6.58 Å². The second kappa shape index (κ2) is 2.09. The van der Waals surface area contributed by atoms with Crippen molar-refractivity contribution in [3.63, 3.8) is 0 Å². The number of hydrogen-bond donors (Lipinski definition) is 1. The predicted molar refractivity (Wildman–Crippen MR) is 31.6 cm³/mol. The molecule has 1 N–H and O–H groups in total. The summed E-state index contributed by atoms with van der Waals surface area (Å²) in [7, 11) is 0. The van der Waals surface area contributed by atoms with E-state index in [9.17, 15) is 4.79 Å². The zero-order valence-corrected chi connectivity index (χ0v) is 4.68. The van der Waals surface area contributed by atoms with Gasteiger partial charge in [0.2, 0.25) is 0 Å². The molecular weight excluding hydrogens is 102 g/mol. The lowest BCUT2D eigenvalue weighted by molar-refractivity contribution is -0.116. The monoisotopic (exact) mass is 111 g/mol. The van der Waals surface area contributed by atoms with Crippen molar-refractivity contribution in [2.75, 3.05) is 6.54 Å². The molecule has 8 heavy (non-hydrogen) atoms. The minimum Gasteiger partial charge on any atom is -0.303 e. The summed E-state index contributed by atoms with van der Waals surface area (Å²) in [6.45, 7) is 4.09. The van der Waals surface area contributed by atoms with E-state index in [1.807, 2.05) is 0 Å². The van der Waals surface area contributed by atoms with Gasteiger partial charge in [-0.1, -0.05) is 6.08 Å². The molecule has 2 heteroatoms. The van der Waals surface area contributed by atoms with E-state index in [-0.39, 0.29) is 11.8 Å². The summed E-state index contributed by atoms with van der Waals surface area (Å²) < 4.78 is 0. The van der Waals surface area contributed by atoms with Gasteiger partial charge in [0.1, 0.15) is 5.78 Å². The van der Waals surface area contributed by atoms with Gasteiger partial charge in [-0.2, -0.15) is 0 Å². The summed E-state index contributed by atoms with van der Waals surface area (Å²) in [4.78, 5) is 10.5. The Morgan fingerprint density at radius 3 is 2.88 bits per heavy atom. The molecule has 1 saturated heterocycles. The van der Waals surface area contributed by atoms with Crippen molar-refractivity contribution in [2.45, 2.75) is 12.5 Å². The SMILES string of the molecule is C=CC1CC(=O)CN1. The van der Waals surface area contributed by atoms with Crippen LogP contribution in [0.25, 0.3) is 0 Å². The fourth-order valence-corrected chi connectivity index (χ4v) is 0.801. The van der Waals surface area contributed by atoms with Gasteiger partial charge in [0.25, 0.3) is 0 Å². The first kappa shape index (κ1) is 5.51. The fraction of sp³-hybridized carbons (Fsp3) is 0.500. The van der Waals surface area contributed by atoms with E-state index in [0.29, 0.717) is 13.0 Å². The molecule has 0 amide bonds. The molecule has 1 fully saturated rings. The number of Topliss-reactive ketones (excluding diaryl/α,β-unsaturated/α-hetero) is 1. The highest BCUT2D eigenvalue weighted by Gasteiger charge is 2.17. The average molecular weight is 111 g/mol. The second-order valence-electron chi connectivity index (χ2n) is 1.97. The van der Waals surface area contributed by atoms with Crippen molar-refractivity contribution in [1.29, 1.82) is 0 Å². The molecule has 1 unspecified atom stereocenters. The molecule has 0 spiro atoms. The van der Waals surface area contributed by atoms with Crippen LogP contribution in [0.1, 0.15) is 6.42 Å². The van der Waals surface area contributed by atoms with E-state index < -0.39 is 0 Å². The Labute approximate surface area is 48.6 Å². The highest BCUT2D eigenvalue weighted by atomic mass is 16.1. The Balaban J connectivity index is 2.43. The third-order valence-electron chi connectivity index (χ3n) is 1.29. The number of nitrogens with one attached hydrogen (secondary N) is 1. The standard InChI is InChI=1S/C6H9NO/c1-2-5-3-6(8)4-7-5/h2,5,7H,1,3-4H2. The van der Waals surface area contributed by atoms with Crippen molar-refractivity contribution in [3.05, 3.63) is 12.7 Å². The van der Waals surface area contributed by atoms with Crippen LogP contribution >= 0.6 is 0 Å². The third-order valence-corrected chi connectivity index (χ3v) is 1.29. The van der Waals surface area contributed by atoms with Crippen LogP contribution in [-0.4, -0.2) is 18.4 Å². The summed E-state index contributed by atoms with van der Waals surface area (Å²) in [5.74, 6) is 0.287. The third kappa shape index (κ3) is 0.954. The topological polar surface area (TPSA) is 29.1 Å². The zero-order valence-electron chi connectivity index (χ0n) is 4.68. The van der Waals surface area contributed by atoms with Gasteiger partial charge in [0.05, 0.1) is 6.54 Å². The van der Waals surface area contributed by atoms with Crippen LogP contribution in [0.15, 0.2) is 12.7 Å². The minimum atomic E-state index is 0.238. The van der Waals surface area contributed by atoms with E-state index in [0.717, 1.165) is 0 Å². The van der Waals surface area contributed by atoms with Gasteiger partial charge < -0.3 is 5.32 Å². The maximum absolute atomic E-state index is 10.5. The van der Waals surface area contributed by atoms with E-state index in [2.05, 4.69) is 11.9 Å². The van der Waals surface area contributed by atoms with E-state index in [4.69, 9.17) is 0 Å². The van der Waals surface area contributed by atoms with Crippen LogP contribution < -0.4 is 5.32 Å². The molecule has 0 bridgehead atoms. The first-order chi connectivity index (χ1) is 3.83. The van der Waals surface area contributed by atoms with Gasteiger partial charge in [0.15, 0.2) is 0 Å². The van der Waals surface area contributed by atoms with E-state index in [1.54, 1.807) is 6.08 Å². The lowest BCUT2D eigenvalue weighted by Gasteiger charge is -1.96. The molecule has 0 radical (unpaired) electrons. The number of hydrogen-bond acceptors (Lipinski definition) is 2. The molecule has 1 heterocycles. The average Bonchev–Trinajstić information content (AvgIpc) is 2.14. The first-order valence-electron chi connectivity index (χ1n) is 2.70. The summed E-state index contributed by atoms with van der Waals surface area (Å²) in [6.07, 6.45) is 2.40. The lowest BCUT2D eigenvalue weighted by atomic mass is 10.2. The number of rotatable bonds is 1. The lowest BCUT2D eigenvalue weighted by Crippen LogP contribution is -2.17. The molecule has 1 aliphatic rings. The predicted octanol–water partition coefficient (Wildman–Crippen LogP) is 0.103. The molecule has 0 aromatic carbocycles. The van der Waals surface area contributed by atoms with Gasteiger partial charge in [-0.3, -0.25) is 4.79 Å². The van der Waals surface area contributed by atoms with Crippen LogP contribution in [0, 0.1) is 0 Å². The summed E-state index contributed by atoms with van der Waals surface area (Å²) in [5.41, 5.74) is 0. The Morgan fingerprint density at radius 1 is 1.88 bits per heavy atom. The van der Waals surface area contributed by atoms with Crippen LogP contribution in [0.4, 0.5) is 0 Å². The van der Waals surface area contributed by atoms with Gasteiger partial charge in [-0.05, 0) is 0 Å². The van der Waals surface area contributed by atoms with Gasteiger partial charge in [-0.25, -0.2) is 0 Å². The number of carbonyl (C=O) groups excluding carboxylic acids is 1. The molecule has 0 aromatic heterocycles. The van der Waals surface area contributed by atoms with Crippen LogP contribution in [-0.2, 0) is 4.79 Å². The van der Waals surface area contributed by atoms with Crippen LogP contribution in [0.2, 0.25) is 0 Å². The summed E-state index contributed by atoms with van der Waals surface area (Å²) >= 11 is 0. The fourth-order valence-electron chi connectivity index (χ4n) is 0.801. The maximum Gasteiger partial charge on any atom is 0.148 e. The Morgan fingerprint density at radius 2 is 2.62 bits per heavy atom. The van der Waals surface area contributed by atoms with Gasteiger partial charge in [0, 0.05) is 12.5 Å². The Hall–Kier alpha value is -0.630. The largest absolute Gasteiger partial charge is 0.303 e. The number of carbonyl (C=O) groups is 1. The first-order valence-corrected chi connectivity index (χ1v) is 2.70. The van der Waals surface area contributed by atoms with Crippen molar-refractivity contribution in [1.82, 2.24) is 5.32 Å². The quantitative estimate of drug-likeness (QED) is 0.486. The molecule has 2 nitrogen and oxygen atoms in total. The molecule has 0 saturated carbocycles. The maximum atomic E-state index is 10.5. The van der Waals surface area contributed by atoms with Crippen molar-refractivity contribution in [2.24, 2.45) is 0 Å². The highest BCUT2D eigenvalue weighted by Crippen LogP contribution is 2.00. The van der Waals surface area contributed by atoms with Crippen molar-refractivity contribution < 1.29 is 4.79 Å². The normalized spacial score (nSPS) is 28.5. The summed E-state index contributed by atoms with van der Waals surface area (Å²) in [6, 6.07) is 0.238. The molecule has 0 aliphatic carbocycles. The number of ketones is 1.